The second-order valence-corrected chi connectivity index (χ2v) is 7.79. The molecule has 148 valence electrons. The van der Waals surface area contributed by atoms with Gasteiger partial charge in [0.15, 0.2) is 0 Å². The molecule has 2 rings (SSSR count). The standard InChI is InChI=1S/C16H25N3O5S.ClH/c1-12(11-17)18(2)16(20)13-4-5-14(23-3)15(10-13)25(21,22)19-6-8-24-9-7-19;/h4-5,10,12H,6-9,11,17H2,1-3H3;1H. The van der Waals surface area contributed by atoms with Gasteiger partial charge in [0.1, 0.15) is 10.6 Å². The van der Waals surface area contributed by atoms with Crippen molar-refractivity contribution in [1.29, 1.82) is 0 Å². The van der Waals surface area contributed by atoms with Crippen LogP contribution in [0.1, 0.15) is 17.3 Å². The highest BCUT2D eigenvalue weighted by atomic mass is 35.5. The van der Waals surface area contributed by atoms with Crippen molar-refractivity contribution in [2.45, 2.75) is 17.9 Å². The predicted octanol–water partition coefficient (Wildman–Crippen LogP) is 0.557. The summed E-state index contributed by atoms with van der Waals surface area (Å²) >= 11 is 0. The van der Waals surface area contributed by atoms with Crippen molar-refractivity contribution in [2.75, 3.05) is 47.0 Å². The lowest BCUT2D eigenvalue weighted by atomic mass is 10.1. The fourth-order valence-corrected chi connectivity index (χ4v) is 4.09. The number of sulfonamides is 1. The highest BCUT2D eigenvalue weighted by Crippen LogP contribution is 2.29. The molecular formula is C16H26ClN3O5S. The predicted molar refractivity (Wildman–Crippen MR) is 100 cm³/mol. The molecule has 1 amide bonds. The van der Waals surface area contributed by atoms with E-state index in [0.717, 1.165) is 0 Å². The van der Waals surface area contributed by atoms with Crippen molar-refractivity contribution in [2.24, 2.45) is 5.73 Å². The first-order valence-electron chi connectivity index (χ1n) is 8.06. The largest absolute Gasteiger partial charge is 0.495 e. The molecule has 26 heavy (non-hydrogen) atoms. The minimum atomic E-state index is -3.78. The number of carbonyl (C=O) groups is 1. The summed E-state index contributed by atoms with van der Waals surface area (Å²) in [7, 11) is -0.740. The number of carbonyl (C=O) groups excluding carboxylic acids is 1. The highest BCUT2D eigenvalue weighted by Gasteiger charge is 2.30. The smallest absolute Gasteiger partial charge is 0.253 e. The maximum Gasteiger partial charge on any atom is 0.253 e. The van der Waals surface area contributed by atoms with Crippen molar-refractivity contribution in [3.8, 4) is 5.75 Å². The van der Waals surface area contributed by atoms with E-state index in [-0.39, 0.29) is 53.7 Å². The Bertz CT molecular complexity index is 723. The summed E-state index contributed by atoms with van der Waals surface area (Å²) in [6, 6.07) is 4.26. The molecule has 1 saturated heterocycles. The van der Waals surface area contributed by atoms with Crippen LogP contribution in [0.4, 0.5) is 0 Å². The van der Waals surface area contributed by atoms with Crippen LogP contribution in [0.15, 0.2) is 23.1 Å². The van der Waals surface area contributed by atoms with Crippen LogP contribution >= 0.6 is 12.4 Å². The van der Waals surface area contributed by atoms with Crippen LogP contribution in [0.5, 0.6) is 5.75 Å². The molecule has 1 fully saturated rings. The minimum absolute atomic E-state index is 0. The second kappa shape index (κ2) is 9.52. The zero-order valence-electron chi connectivity index (χ0n) is 15.2. The molecule has 0 aromatic heterocycles. The molecule has 0 aliphatic carbocycles. The number of nitrogens with zero attached hydrogens (tertiary/aromatic N) is 2. The summed E-state index contributed by atoms with van der Waals surface area (Å²) in [6.45, 7) is 3.37. The number of benzene rings is 1. The summed E-state index contributed by atoms with van der Waals surface area (Å²) in [5.74, 6) is -0.0865. The average molecular weight is 408 g/mol. The van der Waals surface area contributed by atoms with Crippen LogP contribution in [-0.4, -0.2) is 76.6 Å². The molecule has 1 aliphatic heterocycles. The molecule has 1 aromatic rings. The number of ether oxygens (including phenoxy) is 2. The Kier molecular flexibility index (Phi) is 8.29. The van der Waals surface area contributed by atoms with Crippen molar-refractivity contribution >= 4 is 28.3 Å². The Hall–Kier alpha value is -1.39. The van der Waals surface area contributed by atoms with Gasteiger partial charge in [0.05, 0.1) is 20.3 Å². The molecule has 10 heteroatoms. The number of nitrogens with two attached hydrogens (primary N) is 1. The zero-order chi connectivity index (χ0) is 18.6. The summed E-state index contributed by atoms with van der Waals surface area (Å²) in [6.07, 6.45) is 0. The Morgan fingerprint density at radius 2 is 2.00 bits per heavy atom. The molecular weight excluding hydrogens is 382 g/mol. The third-order valence-corrected chi connectivity index (χ3v) is 6.24. The SMILES string of the molecule is COc1ccc(C(=O)N(C)C(C)CN)cc1S(=O)(=O)N1CCOCC1.Cl. The van der Waals surface area contributed by atoms with Crippen molar-refractivity contribution in [3.05, 3.63) is 23.8 Å². The van der Waals surface area contributed by atoms with E-state index in [1.165, 1.54) is 28.4 Å². The molecule has 8 nitrogen and oxygen atoms in total. The van der Waals surface area contributed by atoms with E-state index in [1.54, 1.807) is 13.1 Å². The van der Waals surface area contributed by atoms with Gasteiger partial charge in [0, 0.05) is 38.3 Å². The number of hydrogen-bond acceptors (Lipinski definition) is 6. The van der Waals surface area contributed by atoms with Crippen LogP contribution in [0.2, 0.25) is 0 Å². The van der Waals surface area contributed by atoms with Crippen LogP contribution in [0.25, 0.3) is 0 Å². The van der Waals surface area contributed by atoms with Crippen LogP contribution in [0, 0.1) is 0 Å². The fraction of sp³-hybridized carbons (Fsp3) is 0.562. The number of methoxy groups -OCH3 is 1. The monoisotopic (exact) mass is 407 g/mol. The number of amides is 1. The summed E-state index contributed by atoms with van der Waals surface area (Å²) in [4.78, 5) is 14.1. The number of rotatable bonds is 6. The first-order valence-corrected chi connectivity index (χ1v) is 9.50. The minimum Gasteiger partial charge on any atom is -0.495 e. The van der Waals surface area contributed by atoms with Gasteiger partial charge < -0.3 is 20.1 Å². The van der Waals surface area contributed by atoms with Gasteiger partial charge in [0.2, 0.25) is 10.0 Å². The molecule has 0 radical (unpaired) electrons. The number of hydrogen-bond donors (Lipinski definition) is 1. The topological polar surface area (TPSA) is 102 Å². The highest BCUT2D eigenvalue weighted by molar-refractivity contribution is 7.89. The molecule has 1 aliphatic rings. The van der Waals surface area contributed by atoms with E-state index in [2.05, 4.69) is 0 Å². The Balaban J connectivity index is 0.00000338. The van der Waals surface area contributed by atoms with Gasteiger partial charge in [-0.2, -0.15) is 4.31 Å². The molecule has 0 spiro atoms. The molecule has 1 atom stereocenters. The van der Waals surface area contributed by atoms with Gasteiger partial charge in [-0.15, -0.1) is 12.4 Å². The maximum atomic E-state index is 12.9. The van der Waals surface area contributed by atoms with Gasteiger partial charge in [-0.3, -0.25) is 4.79 Å². The second-order valence-electron chi connectivity index (χ2n) is 5.88. The summed E-state index contributed by atoms with van der Waals surface area (Å²) in [5.41, 5.74) is 5.88. The molecule has 1 heterocycles. The Morgan fingerprint density at radius 3 is 2.54 bits per heavy atom. The quantitative estimate of drug-likeness (QED) is 0.739. The Labute approximate surface area is 160 Å². The lowest BCUT2D eigenvalue weighted by Crippen LogP contribution is -2.41. The van der Waals surface area contributed by atoms with E-state index in [1.807, 2.05) is 6.92 Å². The third kappa shape index (κ3) is 4.66. The normalized spacial score (nSPS) is 16.5. The molecule has 0 saturated carbocycles. The summed E-state index contributed by atoms with van der Waals surface area (Å²) < 4.78 is 37.7. The molecule has 0 bridgehead atoms. The first kappa shape index (κ1) is 22.7. The number of morpholine rings is 1. The van der Waals surface area contributed by atoms with Crippen LogP contribution in [0.3, 0.4) is 0 Å². The number of halogens is 1. The zero-order valence-corrected chi connectivity index (χ0v) is 16.8. The van der Waals surface area contributed by atoms with E-state index in [9.17, 15) is 13.2 Å². The van der Waals surface area contributed by atoms with Crippen molar-refractivity contribution in [1.82, 2.24) is 9.21 Å². The lowest BCUT2D eigenvalue weighted by Gasteiger charge is -2.27. The molecule has 2 N–H and O–H groups in total. The summed E-state index contributed by atoms with van der Waals surface area (Å²) in [5, 5.41) is 0. The van der Waals surface area contributed by atoms with E-state index in [0.29, 0.717) is 19.8 Å². The maximum absolute atomic E-state index is 12.9. The van der Waals surface area contributed by atoms with Gasteiger partial charge in [-0.1, -0.05) is 0 Å². The lowest BCUT2D eigenvalue weighted by molar-refractivity contribution is 0.0728. The van der Waals surface area contributed by atoms with Crippen molar-refractivity contribution in [3.63, 3.8) is 0 Å². The molecule has 1 aromatic carbocycles. The molecule has 1 unspecified atom stereocenters. The van der Waals surface area contributed by atoms with Gasteiger partial charge in [-0.05, 0) is 25.1 Å². The number of likely N-dealkylation sites (N-methyl/N-ethyl adjacent to an activating group) is 1. The van der Waals surface area contributed by atoms with Crippen LogP contribution in [-0.2, 0) is 14.8 Å². The Morgan fingerprint density at radius 1 is 1.38 bits per heavy atom. The van der Waals surface area contributed by atoms with E-state index >= 15 is 0 Å². The van der Waals surface area contributed by atoms with Gasteiger partial charge >= 0.3 is 0 Å². The van der Waals surface area contributed by atoms with Crippen LogP contribution < -0.4 is 10.5 Å². The van der Waals surface area contributed by atoms with Gasteiger partial charge in [0.25, 0.3) is 5.91 Å². The average Bonchev–Trinajstić information content (AvgIpc) is 2.66. The van der Waals surface area contributed by atoms with Gasteiger partial charge in [-0.25, -0.2) is 8.42 Å². The third-order valence-electron chi connectivity index (χ3n) is 4.32. The fourth-order valence-electron chi connectivity index (χ4n) is 2.50. The first-order chi connectivity index (χ1) is 11.8. The van der Waals surface area contributed by atoms with E-state index in [4.69, 9.17) is 15.2 Å². The van der Waals surface area contributed by atoms with E-state index < -0.39 is 10.0 Å². The van der Waals surface area contributed by atoms with Crippen molar-refractivity contribution < 1.29 is 22.7 Å².